The van der Waals surface area contributed by atoms with Gasteiger partial charge < -0.3 is 14.9 Å². The number of aromatic nitrogens is 2. The van der Waals surface area contributed by atoms with Crippen molar-refractivity contribution >= 4 is 5.97 Å². The van der Waals surface area contributed by atoms with Crippen LogP contribution in [-0.4, -0.2) is 33.4 Å². The molecule has 0 spiro atoms. The van der Waals surface area contributed by atoms with Gasteiger partial charge in [0.2, 0.25) is 5.89 Å². The van der Waals surface area contributed by atoms with Crippen LogP contribution in [0.25, 0.3) is 0 Å². The summed E-state index contributed by atoms with van der Waals surface area (Å²) in [6, 6.07) is 9.07. The smallest absolute Gasteiger partial charge is 0.475 e. The van der Waals surface area contributed by atoms with E-state index in [0.29, 0.717) is 17.9 Å². The molecule has 0 aliphatic carbocycles. The number of alkyl halides is 3. The molecule has 2 rings (SSSR count). The first-order valence-corrected chi connectivity index (χ1v) is 8.85. The van der Waals surface area contributed by atoms with Gasteiger partial charge >= 0.3 is 12.1 Å². The Morgan fingerprint density at radius 3 is 2.14 bits per heavy atom. The van der Waals surface area contributed by atoms with Crippen LogP contribution < -0.4 is 5.32 Å². The van der Waals surface area contributed by atoms with Crippen LogP contribution in [-0.2, 0) is 11.2 Å². The molecule has 1 aromatic carbocycles. The molecule has 2 atom stereocenters. The highest BCUT2D eigenvalue weighted by Crippen LogP contribution is 2.16. The molecule has 0 amide bonds. The van der Waals surface area contributed by atoms with E-state index in [1.165, 1.54) is 11.1 Å². The van der Waals surface area contributed by atoms with E-state index in [-0.39, 0.29) is 6.04 Å². The summed E-state index contributed by atoms with van der Waals surface area (Å²) in [4.78, 5) is 13.3. The summed E-state index contributed by atoms with van der Waals surface area (Å²) in [7, 11) is 0. The van der Waals surface area contributed by atoms with Crippen LogP contribution in [0.3, 0.4) is 0 Å². The maximum absolute atomic E-state index is 10.6. The number of halogens is 3. The van der Waals surface area contributed by atoms with Gasteiger partial charge in [0.05, 0.1) is 6.04 Å². The van der Waals surface area contributed by atoms with Crippen molar-refractivity contribution in [2.45, 2.75) is 65.2 Å². The number of hydrogen-bond donors (Lipinski definition) is 2. The third kappa shape index (κ3) is 8.08. The lowest BCUT2D eigenvalue weighted by atomic mass is 10.0. The first-order chi connectivity index (χ1) is 12.9. The van der Waals surface area contributed by atoms with E-state index in [4.69, 9.17) is 14.4 Å². The second-order valence-corrected chi connectivity index (χ2v) is 6.93. The number of rotatable bonds is 6. The molecule has 0 saturated heterocycles. The summed E-state index contributed by atoms with van der Waals surface area (Å²) in [5, 5.41) is 14.7. The quantitative estimate of drug-likeness (QED) is 0.745. The van der Waals surface area contributed by atoms with Crippen molar-refractivity contribution in [3.63, 3.8) is 0 Å². The molecular formula is C19H26F3N3O3. The Hall–Kier alpha value is -2.42. The summed E-state index contributed by atoms with van der Waals surface area (Å²) in [5.74, 6) is -1.04. The Bertz CT molecular complexity index is 743. The van der Waals surface area contributed by atoms with Gasteiger partial charge in [-0.3, -0.25) is 0 Å². The molecule has 28 heavy (non-hydrogen) atoms. The van der Waals surface area contributed by atoms with Gasteiger partial charge in [-0.25, -0.2) is 4.79 Å². The predicted octanol–water partition coefficient (Wildman–Crippen LogP) is 4.42. The Labute approximate surface area is 162 Å². The summed E-state index contributed by atoms with van der Waals surface area (Å²) in [6.45, 7) is 10.5. The van der Waals surface area contributed by atoms with Crippen molar-refractivity contribution < 1.29 is 27.6 Å². The van der Waals surface area contributed by atoms with Gasteiger partial charge in [0.15, 0.2) is 5.82 Å². The Balaban J connectivity index is 0.000000480. The van der Waals surface area contributed by atoms with Crippen LogP contribution in [0.4, 0.5) is 13.2 Å². The Kier molecular flexibility index (Phi) is 8.62. The molecule has 2 aromatic rings. The number of hydrogen-bond acceptors (Lipinski definition) is 5. The van der Waals surface area contributed by atoms with Crippen LogP contribution in [0.2, 0.25) is 0 Å². The average molecular weight is 401 g/mol. The molecule has 2 unspecified atom stereocenters. The largest absolute Gasteiger partial charge is 0.490 e. The molecule has 0 saturated carbocycles. The molecule has 0 radical (unpaired) electrons. The van der Waals surface area contributed by atoms with Gasteiger partial charge in [-0.05, 0) is 32.8 Å². The molecule has 0 fully saturated rings. The van der Waals surface area contributed by atoms with Gasteiger partial charge in [0.25, 0.3) is 0 Å². The van der Waals surface area contributed by atoms with Crippen LogP contribution >= 0.6 is 0 Å². The van der Waals surface area contributed by atoms with Gasteiger partial charge in [-0.1, -0.05) is 48.8 Å². The monoisotopic (exact) mass is 401 g/mol. The molecule has 0 aliphatic rings. The second-order valence-electron chi connectivity index (χ2n) is 6.93. The van der Waals surface area contributed by atoms with E-state index >= 15 is 0 Å². The number of carboxylic acid groups (broad SMARTS) is 1. The zero-order valence-electron chi connectivity index (χ0n) is 16.5. The Morgan fingerprint density at radius 2 is 1.71 bits per heavy atom. The number of benzene rings is 1. The van der Waals surface area contributed by atoms with Gasteiger partial charge in [0.1, 0.15) is 0 Å². The lowest BCUT2D eigenvalue weighted by Crippen LogP contribution is -2.30. The maximum atomic E-state index is 10.6. The average Bonchev–Trinajstić information content (AvgIpc) is 3.07. The van der Waals surface area contributed by atoms with E-state index in [2.05, 4.69) is 74.3 Å². The predicted molar refractivity (Wildman–Crippen MR) is 98.0 cm³/mol. The minimum atomic E-state index is -5.08. The van der Waals surface area contributed by atoms with Crippen molar-refractivity contribution in [1.82, 2.24) is 15.5 Å². The zero-order valence-corrected chi connectivity index (χ0v) is 16.5. The Morgan fingerprint density at radius 1 is 1.18 bits per heavy atom. The van der Waals surface area contributed by atoms with Crippen molar-refractivity contribution in [2.24, 2.45) is 0 Å². The van der Waals surface area contributed by atoms with E-state index in [1.54, 1.807) is 0 Å². The fourth-order valence-corrected chi connectivity index (χ4v) is 2.29. The lowest BCUT2D eigenvalue weighted by molar-refractivity contribution is -0.192. The van der Waals surface area contributed by atoms with Crippen molar-refractivity contribution in [3.05, 3.63) is 47.1 Å². The van der Waals surface area contributed by atoms with Crippen LogP contribution in [0.15, 0.2) is 28.8 Å². The van der Waals surface area contributed by atoms with Gasteiger partial charge in [0, 0.05) is 12.0 Å². The fraction of sp³-hybridized carbons (Fsp3) is 0.526. The van der Waals surface area contributed by atoms with E-state index in [1.807, 2.05) is 0 Å². The first-order valence-electron chi connectivity index (χ1n) is 8.85. The van der Waals surface area contributed by atoms with E-state index in [0.717, 1.165) is 12.2 Å². The maximum Gasteiger partial charge on any atom is 0.490 e. The van der Waals surface area contributed by atoms with Crippen LogP contribution in [0, 0.1) is 6.92 Å². The van der Waals surface area contributed by atoms with E-state index in [9.17, 15) is 13.2 Å². The van der Waals surface area contributed by atoms with E-state index < -0.39 is 12.1 Å². The van der Waals surface area contributed by atoms with Gasteiger partial charge in [-0.15, -0.1) is 0 Å². The highest BCUT2D eigenvalue weighted by molar-refractivity contribution is 5.73. The molecule has 2 N–H and O–H groups in total. The van der Waals surface area contributed by atoms with Crippen molar-refractivity contribution in [3.8, 4) is 0 Å². The standard InChI is InChI=1S/C17H25N3O.C2HF3O2/c1-11(2)16-19-17(21-20-16)14(5)18-13(4)10-15-8-6-12(3)7-9-15;3-2(4,5)1(6)7/h6-9,11,13-14,18H,10H2,1-5H3;(H,6,7). The number of carboxylic acids is 1. The molecule has 1 aromatic heterocycles. The number of carbonyl (C=O) groups is 1. The third-order valence-electron chi connectivity index (χ3n) is 3.78. The van der Waals surface area contributed by atoms with Gasteiger partial charge in [-0.2, -0.15) is 18.2 Å². The summed E-state index contributed by atoms with van der Waals surface area (Å²) >= 11 is 0. The van der Waals surface area contributed by atoms with Crippen molar-refractivity contribution in [1.29, 1.82) is 0 Å². The molecular weight excluding hydrogens is 375 g/mol. The molecule has 0 bridgehead atoms. The number of nitrogens with zero attached hydrogens (tertiary/aromatic N) is 2. The molecule has 1 heterocycles. The van der Waals surface area contributed by atoms with Crippen molar-refractivity contribution in [2.75, 3.05) is 0 Å². The number of nitrogens with one attached hydrogen (secondary N) is 1. The molecule has 0 aliphatic heterocycles. The first kappa shape index (κ1) is 23.6. The second kappa shape index (κ2) is 10.2. The number of aliphatic carboxylic acids is 1. The molecule has 9 heteroatoms. The zero-order chi connectivity index (χ0) is 21.5. The molecule has 156 valence electrons. The number of aryl methyl sites for hydroxylation is 1. The lowest BCUT2D eigenvalue weighted by Gasteiger charge is -2.17. The highest BCUT2D eigenvalue weighted by Gasteiger charge is 2.38. The summed E-state index contributed by atoms with van der Waals surface area (Å²) < 4.78 is 37.1. The highest BCUT2D eigenvalue weighted by atomic mass is 19.4. The third-order valence-corrected chi connectivity index (χ3v) is 3.78. The van der Waals surface area contributed by atoms with Crippen LogP contribution in [0.1, 0.15) is 62.5 Å². The SMILES string of the molecule is Cc1ccc(CC(C)NC(C)c2nc(C(C)C)no2)cc1.O=C(O)C(F)(F)F. The fourth-order valence-electron chi connectivity index (χ4n) is 2.29. The normalized spacial score (nSPS) is 13.6. The molecule has 6 nitrogen and oxygen atoms in total. The topological polar surface area (TPSA) is 88.3 Å². The minimum absolute atomic E-state index is 0.0606. The summed E-state index contributed by atoms with van der Waals surface area (Å²) in [5.41, 5.74) is 2.63. The van der Waals surface area contributed by atoms with Crippen LogP contribution in [0.5, 0.6) is 0 Å². The summed E-state index contributed by atoms with van der Waals surface area (Å²) in [6.07, 6.45) is -4.10. The minimum Gasteiger partial charge on any atom is -0.475 e.